The molecule has 1 aromatic rings. The lowest BCUT2D eigenvalue weighted by atomic mass is 9.95. The molecule has 0 spiro atoms. The van der Waals surface area contributed by atoms with Crippen LogP contribution in [0.15, 0.2) is 12.1 Å². The summed E-state index contributed by atoms with van der Waals surface area (Å²) in [5.74, 6) is -0.105. The van der Waals surface area contributed by atoms with Gasteiger partial charge in [-0.15, -0.1) is 0 Å². The van der Waals surface area contributed by atoms with Crippen LogP contribution in [-0.2, 0) is 11.3 Å². The van der Waals surface area contributed by atoms with Crippen LogP contribution in [0.25, 0.3) is 0 Å². The third kappa shape index (κ3) is 1.37. The van der Waals surface area contributed by atoms with Crippen LogP contribution in [-0.4, -0.2) is 34.8 Å². The van der Waals surface area contributed by atoms with Crippen LogP contribution in [0.2, 0.25) is 0 Å². The molecule has 0 saturated carbocycles. The summed E-state index contributed by atoms with van der Waals surface area (Å²) in [6, 6.07) is 3.26. The Labute approximate surface area is 87.7 Å². The van der Waals surface area contributed by atoms with Crippen LogP contribution in [0.4, 0.5) is 0 Å². The molecule has 0 aliphatic carbocycles. The van der Waals surface area contributed by atoms with E-state index in [1.165, 1.54) is 0 Å². The van der Waals surface area contributed by atoms with Gasteiger partial charge in [0.05, 0.1) is 12.7 Å². The van der Waals surface area contributed by atoms with Gasteiger partial charge in [-0.1, -0.05) is 0 Å². The molecule has 2 aliphatic heterocycles. The minimum atomic E-state index is -0.0589. The number of morpholine rings is 1. The highest BCUT2D eigenvalue weighted by molar-refractivity contribution is 5.47. The molecule has 15 heavy (non-hydrogen) atoms. The van der Waals surface area contributed by atoms with Gasteiger partial charge in [0.25, 0.3) is 0 Å². The fraction of sp³-hybridized carbons (Fsp3) is 0.455. The van der Waals surface area contributed by atoms with E-state index in [2.05, 4.69) is 4.90 Å². The average Bonchev–Trinajstić information content (AvgIpc) is 2.22. The summed E-state index contributed by atoms with van der Waals surface area (Å²) in [4.78, 5) is 2.30. The number of ether oxygens (including phenoxy) is 1. The van der Waals surface area contributed by atoms with E-state index in [-0.39, 0.29) is 17.6 Å². The van der Waals surface area contributed by atoms with Gasteiger partial charge in [-0.05, 0) is 23.3 Å². The summed E-state index contributed by atoms with van der Waals surface area (Å²) in [7, 11) is 0. The fourth-order valence-corrected chi connectivity index (χ4v) is 2.35. The maximum absolute atomic E-state index is 9.45. The SMILES string of the molecule is Oc1cc2c(cc1O)C1CN(CCO1)C2. The minimum absolute atomic E-state index is 0.0464. The van der Waals surface area contributed by atoms with Crippen molar-refractivity contribution in [2.24, 2.45) is 0 Å². The molecular weight excluding hydrogens is 194 g/mol. The van der Waals surface area contributed by atoms with Crippen LogP contribution < -0.4 is 0 Å². The summed E-state index contributed by atoms with van der Waals surface area (Å²) < 4.78 is 5.64. The Bertz CT molecular complexity index is 405. The van der Waals surface area contributed by atoms with Crippen molar-refractivity contribution in [1.29, 1.82) is 0 Å². The van der Waals surface area contributed by atoms with Crippen molar-refractivity contribution in [3.8, 4) is 11.5 Å². The zero-order valence-corrected chi connectivity index (χ0v) is 8.31. The number of rotatable bonds is 0. The van der Waals surface area contributed by atoms with Crippen molar-refractivity contribution in [2.75, 3.05) is 19.7 Å². The molecule has 0 radical (unpaired) electrons. The van der Waals surface area contributed by atoms with Gasteiger partial charge in [0, 0.05) is 19.6 Å². The maximum Gasteiger partial charge on any atom is 0.157 e. The lowest BCUT2D eigenvalue weighted by Crippen LogP contribution is -2.41. The zero-order chi connectivity index (χ0) is 10.4. The number of phenols is 2. The molecule has 2 atom stereocenters. The van der Waals surface area contributed by atoms with E-state index in [0.717, 1.165) is 37.4 Å². The molecule has 80 valence electrons. The van der Waals surface area contributed by atoms with Crippen molar-refractivity contribution in [3.05, 3.63) is 23.3 Å². The monoisotopic (exact) mass is 207 g/mol. The third-order valence-electron chi connectivity index (χ3n) is 3.13. The van der Waals surface area contributed by atoms with Crippen LogP contribution >= 0.6 is 0 Å². The summed E-state index contributed by atoms with van der Waals surface area (Å²) in [5.41, 5.74) is 2.07. The van der Waals surface area contributed by atoms with Crippen molar-refractivity contribution >= 4 is 0 Å². The second-order valence-electron chi connectivity index (χ2n) is 4.13. The molecule has 1 saturated heterocycles. The Balaban J connectivity index is 2.09. The highest BCUT2D eigenvalue weighted by Crippen LogP contribution is 2.37. The molecule has 2 heterocycles. The molecule has 1 aromatic carbocycles. The Kier molecular flexibility index (Phi) is 1.87. The summed E-state index contributed by atoms with van der Waals surface area (Å²) in [6.07, 6.45) is 0.0500. The van der Waals surface area contributed by atoms with E-state index < -0.39 is 0 Å². The van der Waals surface area contributed by atoms with Crippen molar-refractivity contribution in [1.82, 2.24) is 4.90 Å². The number of phenolic OH excluding ortho intramolecular Hbond substituents is 2. The lowest BCUT2D eigenvalue weighted by Gasteiger charge is -2.38. The predicted octanol–water partition coefficient (Wildman–Crippen LogP) is 0.985. The quantitative estimate of drug-likeness (QED) is 0.623. The summed E-state index contributed by atoms with van der Waals surface area (Å²) >= 11 is 0. The Morgan fingerprint density at radius 1 is 1.27 bits per heavy atom. The van der Waals surface area contributed by atoms with Crippen molar-refractivity contribution < 1.29 is 14.9 Å². The Morgan fingerprint density at radius 3 is 2.93 bits per heavy atom. The molecule has 2 bridgehead atoms. The number of nitrogens with zero attached hydrogens (tertiary/aromatic N) is 1. The van der Waals surface area contributed by atoms with Crippen molar-refractivity contribution in [2.45, 2.75) is 12.6 Å². The number of aromatic hydroxyl groups is 2. The highest BCUT2D eigenvalue weighted by atomic mass is 16.5. The molecule has 0 aromatic heterocycles. The normalized spacial score (nSPS) is 28.5. The number of hydrogen-bond donors (Lipinski definition) is 2. The maximum atomic E-state index is 9.45. The molecule has 4 heteroatoms. The molecule has 1 fully saturated rings. The first-order valence-corrected chi connectivity index (χ1v) is 5.13. The second kappa shape index (κ2) is 3.12. The topological polar surface area (TPSA) is 52.9 Å². The smallest absolute Gasteiger partial charge is 0.157 e. The minimum Gasteiger partial charge on any atom is -0.504 e. The molecular formula is C11H13NO3. The standard InChI is InChI=1S/C11H13NO3/c13-9-3-7-5-12-1-2-15-11(6-12)8(7)4-10(9)14/h3-4,11,13-14H,1-2,5-6H2. The highest BCUT2D eigenvalue weighted by Gasteiger charge is 2.30. The molecule has 2 unspecified atom stereocenters. The zero-order valence-electron chi connectivity index (χ0n) is 8.31. The van der Waals surface area contributed by atoms with Crippen molar-refractivity contribution in [3.63, 3.8) is 0 Å². The fourth-order valence-electron chi connectivity index (χ4n) is 2.35. The lowest BCUT2D eigenvalue weighted by molar-refractivity contribution is -0.0438. The average molecular weight is 207 g/mol. The van der Waals surface area contributed by atoms with E-state index in [0.29, 0.717) is 0 Å². The Hall–Kier alpha value is -1.26. The van der Waals surface area contributed by atoms with Crippen LogP contribution in [0.1, 0.15) is 17.2 Å². The van der Waals surface area contributed by atoms with Gasteiger partial charge < -0.3 is 14.9 Å². The first-order chi connectivity index (χ1) is 7.24. The summed E-state index contributed by atoms with van der Waals surface area (Å²) in [6.45, 7) is 3.41. The first kappa shape index (κ1) is 9.00. The second-order valence-corrected chi connectivity index (χ2v) is 4.13. The molecule has 2 aliphatic rings. The Morgan fingerprint density at radius 2 is 2.07 bits per heavy atom. The molecule has 2 N–H and O–H groups in total. The largest absolute Gasteiger partial charge is 0.504 e. The van der Waals surface area contributed by atoms with Gasteiger partial charge in [0.15, 0.2) is 11.5 Å². The van der Waals surface area contributed by atoms with Crippen LogP contribution in [0.5, 0.6) is 11.5 Å². The number of hydrogen-bond acceptors (Lipinski definition) is 4. The summed E-state index contributed by atoms with van der Waals surface area (Å²) in [5, 5.41) is 18.9. The van der Waals surface area contributed by atoms with E-state index in [1.807, 2.05) is 0 Å². The van der Waals surface area contributed by atoms with E-state index >= 15 is 0 Å². The predicted molar refractivity (Wildman–Crippen MR) is 53.7 cm³/mol. The van der Waals surface area contributed by atoms with Crippen LogP contribution in [0.3, 0.4) is 0 Å². The molecule has 0 amide bonds. The van der Waals surface area contributed by atoms with Gasteiger partial charge in [0.1, 0.15) is 0 Å². The molecule has 4 nitrogen and oxygen atoms in total. The van der Waals surface area contributed by atoms with E-state index in [9.17, 15) is 10.2 Å². The van der Waals surface area contributed by atoms with Gasteiger partial charge in [-0.25, -0.2) is 0 Å². The van der Waals surface area contributed by atoms with E-state index in [1.54, 1.807) is 12.1 Å². The van der Waals surface area contributed by atoms with Gasteiger partial charge in [-0.3, -0.25) is 4.90 Å². The van der Waals surface area contributed by atoms with Gasteiger partial charge >= 0.3 is 0 Å². The number of benzene rings is 1. The van der Waals surface area contributed by atoms with Gasteiger partial charge in [0.2, 0.25) is 0 Å². The van der Waals surface area contributed by atoms with E-state index in [4.69, 9.17) is 4.74 Å². The molecule has 3 rings (SSSR count). The number of fused-ring (bicyclic) bond motifs is 4. The third-order valence-corrected chi connectivity index (χ3v) is 3.13. The van der Waals surface area contributed by atoms with Crippen LogP contribution in [0, 0.1) is 0 Å². The first-order valence-electron chi connectivity index (χ1n) is 5.13. The van der Waals surface area contributed by atoms with Gasteiger partial charge in [-0.2, -0.15) is 0 Å².